The maximum atomic E-state index is 13.9. The Hall–Kier alpha value is -3.70. The largest absolute Gasteiger partial charge is 0.502 e. The van der Waals surface area contributed by atoms with E-state index in [9.17, 15) is 24.9 Å². The summed E-state index contributed by atoms with van der Waals surface area (Å²) in [5.74, 6) is -0.248. The third kappa shape index (κ3) is 3.33. The van der Waals surface area contributed by atoms with Gasteiger partial charge in [-0.15, -0.1) is 0 Å². The number of benzene rings is 1. The molecule has 1 saturated carbocycles. The molecule has 0 spiro atoms. The molecule has 2 aliphatic carbocycles. The number of Topliss-reactive ketones (excluding diaryl/α,β-unsaturated/α-hetero) is 1. The normalized spacial score (nSPS) is 31.8. The lowest BCUT2D eigenvalue weighted by Crippen LogP contribution is -2.82. The van der Waals surface area contributed by atoms with Crippen LogP contribution in [0.5, 0.6) is 23.0 Å². The average Bonchev–Trinajstić information content (AvgIpc) is 2.93. The second-order valence-corrected chi connectivity index (χ2v) is 11.8. The molecule has 4 atom stereocenters. The Morgan fingerprint density at radius 2 is 1.44 bits per heavy atom. The van der Waals surface area contributed by atoms with E-state index in [0.29, 0.717) is 22.8 Å². The first-order valence-corrected chi connectivity index (χ1v) is 13.2. The Labute approximate surface area is 237 Å². The predicted octanol–water partition coefficient (Wildman–Crippen LogP) is 3.31. The summed E-state index contributed by atoms with van der Waals surface area (Å²) >= 11 is 0. The first-order valence-electron chi connectivity index (χ1n) is 13.2. The quantitative estimate of drug-likeness (QED) is 0.483. The summed E-state index contributed by atoms with van der Waals surface area (Å²) in [6.07, 6.45) is -0.201. The third-order valence-corrected chi connectivity index (χ3v) is 9.91. The number of carbonyl (C=O) groups excluding carboxylic acids is 1. The first kappa shape index (κ1) is 28.8. The van der Waals surface area contributed by atoms with Crippen molar-refractivity contribution in [2.24, 2.45) is 10.8 Å². The monoisotopic (exact) mass is 572 g/mol. The minimum atomic E-state index is -2.12. The van der Waals surface area contributed by atoms with Gasteiger partial charge >= 0.3 is 5.63 Å². The molecule has 2 heterocycles. The zero-order valence-corrected chi connectivity index (χ0v) is 24.5. The van der Waals surface area contributed by atoms with Gasteiger partial charge in [0.15, 0.2) is 17.3 Å². The van der Waals surface area contributed by atoms with Crippen molar-refractivity contribution < 1.29 is 48.2 Å². The molecular formula is C30H36O11. The van der Waals surface area contributed by atoms with Gasteiger partial charge in [0.25, 0.3) is 0 Å². The number of hydrogen-bond acceptors (Lipinski definition) is 11. The highest BCUT2D eigenvalue weighted by atomic mass is 16.5. The average molecular weight is 573 g/mol. The van der Waals surface area contributed by atoms with Gasteiger partial charge in [-0.05, 0) is 52.7 Å². The number of fused-ring (bicyclic) bond motifs is 4. The molecule has 0 saturated heterocycles. The molecular weight excluding hydrogens is 536 g/mol. The molecule has 0 unspecified atom stereocenters. The van der Waals surface area contributed by atoms with Crippen LogP contribution in [0.4, 0.5) is 0 Å². The fraction of sp³-hybridized carbons (Fsp3) is 0.533. The maximum absolute atomic E-state index is 13.9. The molecule has 3 N–H and O–H groups in total. The van der Waals surface area contributed by atoms with Gasteiger partial charge in [-0.1, -0.05) is 0 Å². The van der Waals surface area contributed by atoms with Gasteiger partial charge in [0.2, 0.25) is 11.5 Å². The van der Waals surface area contributed by atoms with Crippen LogP contribution in [0, 0.1) is 10.8 Å². The Bertz CT molecular complexity index is 1510. The number of hydrogen-bond donors (Lipinski definition) is 3. The number of aliphatic hydroxyl groups is 3. The van der Waals surface area contributed by atoms with Crippen LogP contribution in [-0.4, -0.2) is 66.3 Å². The van der Waals surface area contributed by atoms with Crippen molar-refractivity contribution in [1.82, 2.24) is 0 Å². The lowest BCUT2D eigenvalue weighted by molar-refractivity contribution is -0.304. The Morgan fingerprint density at radius 3 is 1.98 bits per heavy atom. The van der Waals surface area contributed by atoms with Gasteiger partial charge in [-0.25, -0.2) is 4.79 Å². The lowest BCUT2D eigenvalue weighted by Gasteiger charge is -2.68. The Morgan fingerprint density at radius 1 is 0.829 bits per heavy atom. The van der Waals surface area contributed by atoms with Crippen molar-refractivity contribution >= 4 is 5.78 Å². The molecule has 11 nitrogen and oxygen atoms in total. The highest BCUT2D eigenvalue weighted by Gasteiger charge is 2.80. The minimum Gasteiger partial charge on any atom is -0.502 e. The van der Waals surface area contributed by atoms with Crippen LogP contribution in [0.1, 0.15) is 46.1 Å². The molecule has 0 bridgehead atoms. The van der Waals surface area contributed by atoms with Crippen molar-refractivity contribution in [3.8, 4) is 34.3 Å². The lowest BCUT2D eigenvalue weighted by atomic mass is 9.40. The van der Waals surface area contributed by atoms with Crippen LogP contribution < -0.4 is 24.6 Å². The Kier molecular flexibility index (Phi) is 6.25. The Balaban J connectivity index is 1.68. The molecule has 0 amide bonds. The molecule has 5 rings (SSSR count). The smallest absolute Gasteiger partial charge is 0.343 e. The number of allylic oxidation sites excluding steroid dienone is 1. The molecule has 3 aliphatic rings. The molecule has 1 fully saturated rings. The van der Waals surface area contributed by atoms with Gasteiger partial charge in [0.1, 0.15) is 28.5 Å². The van der Waals surface area contributed by atoms with Gasteiger partial charge in [-0.3, -0.25) is 4.79 Å². The molecule has 1 aromatic carbocycles. The molecule has 1 aliphatic heterocycles. The van der Waals surface area contributed by atoms with Crippen LogP contribution in [0.2, 0.25) is 0 Å². The number of ether oxygens (including phenoxy) is 5. The van der Waals surface area contributed by atoms with Gasteiger partial charge in [0, 0.05) is 18.1 Å². The number of ketones is 1. The summed E-state index contributed by atoms with van der Waals surface area (Å²) in [5, 5.41) is 35.7. The fourth-order valence-electron chi connectivity index (χ4n) is 7.35. The second kappa shape index (κ2) is 8.90. The topological polar surface area (TPSA) is 154 Å². The van der Waals surface area contributed by atoms with E-state index >= 15 is 0 Å². The summed E-state index contributed by atoms with van der Waals surface area (Å²) in [6.45, 7) is 6.35. The number of carbonyl (C=O) groups is 1. The zero-order chi connectivity index (χ0) is 30.3. The summed E-state index contributed by atoms with van der Waals surface area (Å²) in [4.78, 5) is 27.3. The van der Waals surface area contributed by atoms with Gasteiger partial charge in [-0.2, -0.15) is 0 Å². The minimum absolute atomic E-state index is 0.00162. The van der Waals surface area contributed by atoms with E-state index in [0.717, 1.165) is 0 Å². The fourth-order valence-corrected chi connectivity index (χ4v) is 7.35. The molecule has 11 heteroatoms. The molecule has 0 radical (unpaired) electrons. The van der Waals surface area contributed by atoms with E-state index < -0.39 is 44.8 Å². The highest BCUT2D eigenvalue weighted by Crippen LogP contribution is 2.67. The molecule has 222 valence electrons. The van der Waals surface area contributed by atoms with Crippen molar-refractivity contribution in [3.05, 3.63) is 45.7 Å². The van der Waals surface area contributed by atoms with E-state index in [2.05, 4.69) is 0 Å². The number of methoxy groups -OCH3 is 4. The predicted molar refractivity (Wildman–Crippen MR) is 145 cm³/mol. The van der Waals surface area contributed by atoms with Crippen molar-refractivity contribution in [3.63, 3.8) is 0 Å². The SMILES string of the molecule is COC1=C(O)C(=O)[C@]2(C)[C@@]3(O)Cc4c(cc(-c5cc(OC)c(OC)c(OC)c5)oc4=O)O[C@]3(C)CC[C@@]2(O)C1(C)C. The molecule has 41 heavy (non-hydrogen) atoms. The zero-order valence-electron chi connectivity index (χ0n) is 24.5. The van der Waals surface area contributed by atoms with E-state index in [1.54, 1.807) is 39.0 Å². The maximum Gasteiger partial charge on any atom is 0.343 e. The molecule has 2 aromatic rings. The van der Waals surface area contributed by atoms with Crippen molar-refractivity contribution in [2.45, 2.75) is 63.8 Å². The second-order valence-electron chi connectivity index (χ2n) is 11.8. The summed E-state index contributed by atoms with van der Waals surface area (Å²) in [5.41, 5.74) is -9.01. The van der Waals surface area contributed by atoms with E-state index in [4.69, 9.17) is 28.1 Å². The van der Waals surface area contributed by atoms with Crippen molar-refractivity contribution in [2.75, 3.05) is 28.4 Å². The van der Waals surface area contributed by atoms with Crippen LogP contribution >= 0.6 is 0 Å². The van der Waals surface area contributed by atoms with Crippen LogP contribution in [0.3, 0.4) is 0 Å². The molecule has 1 aromatic heterocycles. The first-order chi connectivity index (χ1) is 19.1. The van der Waals surface area contributed by atoms with E-state index in [-0.39, 0.29) is 42.1 Å². The van der Waals surface area contributed by atoms with Crippen LogP contribution in [0.15, 0.2) is 38.9 Å². The number of rotatable bonds is 5. The van der Waals surface area contributed by atoms with E-state index in [1.165, 1.54) is 35.4 Å². The third-order valence-electron chi connectivity index (χ3n) is 9.91. The summed E-state index contributed by atoms with van der Waals surface area (Å²) < 4.78 is 33.7. The standard InChI is InChI=1S/C30H36O11/c1-26(2)24(39-8)21(31)23(32)28(4)29(26,34)10-9-27(3)30(28,35)14-16-18(41-27)13-17(40-25(16)33)15-11-19(36-5)22(38-7)20(12-15)37-6/h11-13,31,34-35H,9-10,14H2,1-8H3/t27-,28+,29-,30-/m1/s1. The highest BCUT2D eigenvalue weighted by molar-refractivity contribution is 6.02. The van der Waals surface area contributed by atoms with Gasteiger partial charge < -0.3 is 43.4 Å². The van der Waals surface area contributed by atoms with Crippen LogP contribution in [0.25, 0.3) is 11.3 Å². The van der Waals surface area contributed by atoms with Crippen molar-refractivity contribution in [1.29, 1.82) is 0 Å². The van der Waals surface area contributed by atoms with Gasteiger partial charge in [0.05, 0.1) is 50.4 Å². The number of aliphatic hydroxyl groups excluding tert-OH is 1. The van der Waals surface area contributed by atoms with E-state index in [1.807, 2.05) is 0 Å². The van der Waals surface area contributed by atoms with Crippen LogP contribution in [-0.2, 0) is 16.0 Å². The summed E-state index contributed by atoms with van der Waals surface area (Å²) in [7, 11) is 5.72. The summed E-state index contributed by atoms with van der Waals surface area (Å²) in [6, 6.07) is 4.79.